The molecule has 0 saturated carbocycles. The Balaban J connectivity index is 1.21. The second-order valence-corrected chi connectivity index (χ2v) is 7.55. The van der Waals surface area contributed by atoms with Crippen molar-refractivity contribution in [3.05, 3.63) is 48.5 Å². The third-order valence-corrected chi connectivity index (χ3v) is 5.39. The van der Waals surface area contributed by atoms with Crippen molar-refractivity contribution in [2.45, 2.75) is 12.5 Å². The lowest BCUT2D eigenvalue weighted by molar-refractivity contribution is -0.130. The molecule has 0 bridgehead atoms. The summed E-state index contributed by atoms with van der Waals surface area (Å²) in [5, 5.41) is 5.52. The molecule has 2 aliphatic heterocycles. The minimum absolute atomic E-state index is 0.110. The van der Waals surface area contributed by atoms with E-state index >= 15 is 0 Å². The lowest BCUT2D eigenvalue weighted by atomic mass is 10.1. The van der Waals surface area contributed by atoms with E-state index in [1.54, 1.807) is 48.4 Å². The third kappa shape index (κ3) is 4.77. The standard InChI is InChI=1S/C23H25N3O6/c1-30-17-6-4-5-16(12-17)26-13-15(11-21(26)27)22(28)24-9-10-25-23(29)20-14-31-18-7-2-3-8-19(18)32-20/h2-8,12,15,20H,9-11,13-14H2,1H3,(H,24,28)(H,25,29)/t15-,20-/m1/s1. The van der Waals surface area contributed by atoms with Gasteiger partial charge < -0.3 is 29.7 Å². The predicted octanol–water partition coefficient (Wildman–Crippen LogP) is 1.12. The van der Waals surface area contributed by atoms with Crippen LogP contribution in [-0.2, 0) is 14.4 Å². The molecule has 2 aromatic rings. The van der Waals surface area contributed by atoms with E-state index in [1.807, 2.05) is 12.1 Å². The molecule has 168 valence electrons. The number of rotatable bonds is 7. The monoisotopic (exact) mass is 439 g/mol. The molecule has 9 nitrogen and oxygen atoms in total. The van der Waals surface area contributed by atoms with Crippen molar-refractivity contribution >= 4 is 23.4 Å². The number of para-hydroxylation sites is 2. The van der Waals surface area contributed by atoms with Gasteiger partial charge in [0.15, 0.2) is 11.5 Å². The molecule has 2 aromatic carbocycles. The second kappa shape index (κ2) is 9.59. The van der Waals surface area contributed by atoms with E-state index in [1.165, 1.54) is 0 Å². The first-order chi connectivity index (χ1) is 15.5. The van der Waals surface area contributed by atoms with Crippen LogP contribution in [0.4, 0.5) is 5.69 Å². The van der Waals surface area contributed by atoms with Crippen LogP contribution in [0.5, 0.6) is 17.2 Å². The Hall–Kier alpha value is -3.75. The van der Waals surface area contributed by atoms with E-state index in [2.05, 4.69) is 10.6 Å². The molecular weight excluding hydrogens is 414 g/mol. The van der Waals surface area contributed by atoms with Gasteiger partial charge in [0.05, 0.1) is 13.0 Å². The maximum Gasteiger partial charge on any atom is 0.264 e. The third-order valence-electron chi connectivity index (χ3n) is 5.39. The van der Waals surface area contributed by atoms with Crippen LogP contribution in [0, 0.1) is 5.92 Å². The number of nitrogens with zero attached hydrogens (tertiary/aromatic N) is 1. The van der Waals surface area contributed by atoms with Crippen molar-refractivity contribution in [2.24, 2.45) is 5.92 Å². The van der Waals surface area contributed by atoms with Crippen molar-refractivity contribution in [1.29, 1.82) is 0 Å². The van der Waals surface area contributed by atoms with E-state index in [9.17, 15) is 14.4 Å². The minimum Gasteiger partial charge on any atom is -0.497 e. The highest BCUT2D eigenvalue weighted by Crippen LogP contribution is 2.31. The second-order valence-electron chi connectivity index (χ2n) is 7.55. The summed E-state index contributed by atoms with van der Waals surface area (Å²) in [6.45, 7) is 0.918. The van der Waals surface area contributed by atoms with Crippen molar-refractivity contribution < 1.29 is 28.6 Å². The minimum atomic E-state index is -0.746. The number of hydrogen-bond donors (Lipinski definition) is 2. The first-order valence-electron chi connectivity index (χ1n) is 10.4. The van der Waals surface area contributed by atoms with Crippen LogP contribution in [0.3, 0.4) is 0 Å². The molecule has 0 unspecified atom stereocenters. The molecule has 4 rings (SSSR count). The van der Waals surface area contributed by atoms with E-state index in [0.717, 1.165) is 0 Å². The molecule has 3 amide bonds. The number of nitrogens with one attached hydrogen (secondary N) is 2. The topological polar surface area (TPSA) is 106 Å². The Labute approximate surface area is 185 Å². The van der Waals surface area contributed by atoms with E-state index in [4.69, 9.17) is 14.2 Å². The molecule has 0 spiro atoms. The number of amides is 3. The number of benzene rings is 2. The number of ether oxygens (including phenoxy) is 3. The average Bonchev–Trinajstić information content (AvgIpc) is 3.23. The summed E-state index contributed by atoms with van der Waals surface area (Å²) in [5.41, 5.74) is 0.702. The largest absolute Gasteiger partial charge is 0.497 e. The van der Waals surface area contributed by atoms with E-state index < -0.39 is 12.0 Å². The number of carbonyl (C=O) groups excluding carboxylic acids is 3. The van der Waals surface area contributed by atoms with Gasteiger partial charge >= 0.3 is 0 Å². The number of methoxy groups -OCH3 is 1. The van der Waals surface area contributed by atoms with Crippen LogP contribution in [0.25, 0.3) is 0 Å². The molecule has 1 fully saturated rings. The van der Waals surface area contributed by atoms with Crippen LogP contribution >= 0.6 is 0 Å². The fourth-order valence-electron chi connectivity index (χ4n) is 3.69. The zero-order chi connectivity index (χ0) is 22.5. The Bertz CT molecular complexity index is 1010. The van der Waals surface area contributed by atoms with Gasteiger partial charge in [-0.15, -0.1) is 0 Å². The van der Waals surface area contributed by atoms with E-state index in [0.29, 0.717) is 29.5 Å². The van der Waals surface area contributed by atoms with Gasteiger partial charge in [-0.2, -0.15) is 0 Å². The summed E-state index contributed by atoms with van der Waals surface area (Å²) in [6.07, 6.45) is -0.605. The molecule has 2 heterocycles. The number of hydrogen-bond acceptors (Lipinski definition) is 6. The van der Waals surface area contributed by atoms with Crippen LogP contribution in [-0.4, -0.2) is 57.2 Å². The average molecular weight is 439 g/mol. The first kappa shape index (κ1) is 21.5. The highest BCUT2D eigenvalue weighted by Gasteiger charge is 2.35. The van der Waals surface area contributed by atoms with Crippen LogP contribution in [0.15, 0.2) is 48.5 Å². The predicted molar refractivity (Wildman–Crippen MR) is 116 cm³/mol. The Morgan fingerprint density at radius 2 is 1.81 bits per heavy atom. The van der Waals surface area contributed by atoms with Gasteiger partial charge in [-0.25, -0.2) is 0 Å². The van der Waals surface area contributed by atoms with Gasteiger partial charge in [0, 0.05) is 37.8 Å². The Morgan fingerprint density at radius 1 is 1.06 bits per heavy atom. The fourth-order valence-corrected chi connectivity index (χ4v) is 3.69. The molecule has 0 radical (unpaired) electrons. The van der Waals surface area contributed by atoms with Gasteiger partial charge in [-0.05, 0) is 24.3 Å². The van der Waals surface area contributed by atoms with Crippen molar-refractivity contribution in [2.75, 3.05) is 38.3 Å². The van der Waals surface area contributed by atoms with E-state index in [-0.39, 0.29) is 43.8 Å². The van der Waals surface area contributed by atoms with Gasteiger partial charge in [0.2, 0.25) is 17.9 Å². The van der Waals surface area contributed by atoms with Crippen LogP contribution in [0.2, 0.25) is 0 Å². The highest BCUT2D eigenvalue weighted by atomic mass is 16.6. The molecule has 2 aliphatic rings. The molecule has 0 aliphatic carbocycles. The maximum absolute atomic E-state index is 12.5. The highest BCUT2D eigenvalue weighted by molar-refractivity contribution is 6.00. The van der Waals surface area contributed by atoms with Gasteiger partial charge in [-0.3, -0.25) is 14.4 Å². The smallest absolute Gasteiger partial charge is 0.264 e. The molecule has 0 aromatic heterocycles. The normalized spacial score (nSPS) is 19.4. The van der Waals surface area contributed by atoms with Gasteiger partial charge in [0.1, 0.15) is 12.4 Å². The number of carbonyl (C=O) groups is 3. The Morgan fingerprint density at radius 3 is 2.59 bits per heavy atom. The zero-order valence-electron chi connectivity index (χ0n) is 17.7. The van der Waals surface area contributed by atoms with Gasteiger partial charge in [0.25, 0.3) is 5.91 Å². The molecule has 1 saturated heterocycles. The lowest BCUT2D eigenvalue weighted by Gasteiger charge is -2.25. The quantitative estimate of drug-likeness (QED) is 0.627. The van der Waals surface area contributed by atoms with Crippen molar-refractivity contribution in [3.63, 3.8) is 0 Å². The summed E-state index contributed by atoms with van der Waals surface area (Å²) < 4.78 is 16.4. The summed E-state index contributed by atoms with van der Waals surface area (Å²) in [5.74, 6) is 0.696. The van der Waals surface area contributed by atoms with Crippen LogP contribution in [0.1, 0.15) is 6.42 Å². The van der Waals surface area contributed by atoms with Crippen molar-refractivity contribution in [1.82, 2.24) is 10.6 Å². The van der Waals surface area contributed by atoms with Crippen LogP contribution < -0.4 is 29.7 Å². The molecule has 32 heavy (non-hydrogen) atoms. The van der Waals surface area contributed by atoms with Crippen molar-refractivity contribution in [3.8, 4) is 17.2 Å². The number of anilines is 1. The molecule has 2 atom stereocenters. The fraction of sp³-hybridized carbons (Fsp3) is 0.348. The zero-order valence-corrected chi connectivity index (χ0v) is 17.7. The summed E-state index contributed by atoms with van der Waals surface area (Å²) in [4.78, 5) is 38.8. The molecule has 9 heteroatoms. The maximum atomic E-state index is 12.5. The number of fused-ring (bicyclic) bond motifs is 1. The Kier molecular flexibility index (Phi) is 6.44. The summed E-state index contributed by atoms with van der Waals surface area (Å²) >= 11 is 0. The SMILES string of the molecule is COc1cccc(N2C[C@H](C(=O)NCCNC(=O)[C@H]3COc4ccccc4O3)CC2=O)c1. The first-order valence-corrected chi connectivity index (χ1v) is 10.4. The summed E-state index contributed by atoms with van der Waals surface area (Å²) in [7, 11) is 1.56. The molecular formula is C23H25N3O6. The summed E-state index contributed by atoms with van der Waals surface area (Å²) in [6, 6.07) is 14.3. The molecule has 2 N–H and O–H groups in total. The lowest BCUT2D eigenvalue weighted by Crippen LogP contribution is -2.46. The van der Waals surface area contributed by atoms with Gasteiger partial charge in [-0.1, -0.05) is 18.2 Å².